The predicted molar refractivity (Wildman–Crippen MR) is 155 cm³/mol. The van der Waals surface area contributed by atoms with Crippen LogP contribution in [0.2, 0.25) is 0 Å². The van der Waals surface area contributed by atoms with Crippen molar-refractivity contribution in [2.45, 2.75) is 56.7 Å². The number of thiazole rings is 1. The molecule has 42 heavy (non-hydrogen) atoms. The van der Waals surface area contributed by atoms with Gasteiger partial charge < -0.3 is 24.8 Å². The molecule has 2 amide bonds. The number of alkyl halides is 2. The Morgan fingerprint density at radius 2 is 1.79 bits per heavy atom. The maximum absolute atomic E-state index is 13.9. The number of halogens is 2. The van der Waals surface area contributed by atoms with Crippen molar-refractivity contribution in [2.24, 2.45) is 11.8 Å². The molecular formula is C30H37F2N5O4S. The van der Waals surface area contributed by atoms with E-state index < -0.39 is 42.3 Å². The molecule has 4 atom stereocenters. The third kappa shape index (κ3) is 5.80. The second-order valence-electron chi connectivity index (χ2n) is 11.9. The van der Waals surface area contributed by atoms with Crippen molar-refractivity contribution < 1.29 is 27.9 Å². The first-order chi connectivity index (χ1) is 20.3. The fourth-order valence-electron chi connectivity index (χ4n) is 6.73. The number of likely N-dealkylation sites (N-methyl/N-ethyl adjacent to an activating group) is 1. The number of fused-ring (bicyclic) bond motifs is 1. The molecule has 2 aromatic rings. The zero-order valence-corrected chi connectivity index (χ0v) is 24.5. The number of carbonyl (C=O) groups is 3. The van der Waals surface area contributed by atoms with Crippen molar-refractivity contribution >= 4 is 34.1 Å². The van der Waals surface area contributed by atoms with E-state index in [-0.39, 0.29) is 24.9 Å². The van der Waals surface area contributed by atoms with E-state index in [1.165, 1.54) is 4.90 Å². The van der Waals surface area contributed by atoms with Gasteiger partial charge in [0.15, 0.2) is 10.9 Å². The Morgan fingerprint density at radius 1 is 1.07 bits per heavy atom. The number of rotatable bonds is 7. The van der Waals surface area contributed by atoms with E-state index in [1.807, 2.05) is 17.5 Å². The summed E-state index contributed by atoms with van der Waals surface area (Å²) in [4.78, 5) is 50.6. The van der Waals surface area contributed by atoms with E-state index in [9.17, 15) is 23.2 Å². The molecule has 226 valence electrons. The molecule has 3 saturated heterocycles. The van der Waals surface area contributed by atoms with Crippen LogP contribution in [0.3, 0.4) is 0 Å². The highest BCUT2D eigenvalue weighted by atomic mass is 32.1. The van der Waals surface area contributed by atoms with Gasteiger partial charge in [-0.2, -0.15) is 0 Å². The lowest BCUT2D eigenvalue weighted by Gasteiger charge is -2.34. The SMILES string of the molecule is CN1CCN(c2nc(-c3ccc(C(=O)N[C@H](C(=O)N4C[C@H](C(F)F)[C@H]5OCC(=O)[C@H]54)C4CCCCC4)cc3)cs2)CC1. The summed E-state index contributed by atoms with van der Waals surface area (Å²) in [6.45, 7) is 3.34. The van der Waals surface area contributed by atoms with Crippen LogP contribution in [-0.4, -0.2) is 103 Å². The minimum atomic E-state index is -2.71. The number of hydrogen-bond donors (Lipinski definition) is 1. The van der Waals surface area contributed by atoms with Gasteiger partial charge in [-0.3, -0.25) is 14.4 Å². The molecule has 0 bridgehead atoms. The fraction of sp³-hybridized carbons (Fsp3) is 0.600. The van der Waals surface area contributed by atoms with Crippen molar-refractivity contribution in [3.8, 4) is 11.3 Å². The molecule has 1 saturated carbocycles. The number of nitrogens with zero attached hydrogens (tertiary/aromatic N) is 4. The third-order valence-corrected chi connectivity index (χ3v) is 10.1. The first-order valence-electron chi connectivity index (χ1n) is 14.8. The minimum Gasteiger partial charge on any atom is -0.367 e. The molecule has 9 nitrogen and oxygen atoms in total. The molecule has 0 radical (unpaired) electrons. The number of amides is 2. The van der Waals surface area contributed by atoms with Gasteiger partial charge in [-0.1, -0.05) is 31.4 Å². The maximum atomic E-state index is 13.9. The van der Waals surface area contributed by atoms with Crippen LogP contribution < -0.4 is 10.2 Å². The smallest absolute Gasteiger partial charge is 0.251 e. The minimum absolute atomic E-state index is 0.126. The van der Waals surface area contributed by atoms with Crippen LogP contribution in [0.25, 0.3) is 11.3 Å². The van der Waals surface area contributed by atoms with E-state index >= 15 is 0 Å². The van der Waals surface area contributed by atoms with Crippen LogP contribution in [0.15, 0.2) is 29.6 Å². The molecule has 12 heteroatoms. The number of likely N-dealkylation sites (tertiary alicyclic amines) is 1. The predicted octanol–water partition coefficient (Wildman–Crippen LogP) is 3.30. The summed E-state index contributed by atoms with van der Waals surface area (Å²) in [5, 5.41) is 5.94. The van der Waals surface area contributed by atoms with Gasteiger partial charge in [-0.15, -0.1) is 11.3 Å². The topological polar surface area (TPSA) is 95.1 Å². The quantitative estimate of drug-likeness (QED) is 0.521. The number of benzene rings is 1. The Morgan fingerprint density at radius 3 is 2.48 bits per heavy atom. The lowest BCUT2D eigenvalue weighted by Crippen LogP contribution is -2.55. The van der Waals surface area contributed by atoms with Crippen LogP contribution in [0.4, 0.5) is 13.9 Å². The maximum Gasteiger partial charge on any atom is 0.251 e. The first-order valence-corrected chi connectivity index (χ1v) is 15.7. The Hall–Kier alpha value is -2.96. The molecule has 0 unspecified atom stereocenters. The Kier molecular flexibility index (Phi) is 8.56. The number of carbonyl (C=O) groups excluding carboxylic acids is 3. The number of nitrogens with one attached hydrogen (secondary N) is 1. The van der Waals surface area contributed by atoms with E-state index in [1.54, 1.807) is 23.5 Å². The molecule has 6 rings (SSSR count). The summed E-state index contributed by atoms with van der Waals surface area (Å²) in [5.41, 5.74) is 2.13. The molecule has 1 N–H and O–H groups in total. The third-order valence-electron chi connectivity index (χ3n) is 9.21. The summed E-state index contributed by atoms with van der Waals surface area (Å²) in [6.07, 6.45) is 0.692. The monoisotopic (exact) mass is 601 g/mol. The highest BCUT2D eigenvalue weighted by Gasteiger charge is 2.56. The summed E-state index contributed by atoms with van der Waals surface area (Å²) in [5.74, 6) is -2.58. The van der Waals surface area contributed by atoms with Gasteiger partial charge in [0.2, 0.25) is 12.3 Å². The lowest BCUT2D eigenvalue weighted by atomic mass is 9.83. The number of ether oxygens (including phenoxy) is 1. The highest BCUT2D eigenvalue weighted by Crippen LogP contribution is 2.37. The number of hydrogen-bond acceptors (Lipinski definition) is 8. The van der Waals surface area contributed by atoms with Gasteiger partial charge in [0.1, 0.15) is 18.7 Å². The van der Waals surface area contributed by atoms with E-state index in [4.69, 9.17) is 9.72 Å². The number of piperazine rings is 1. The standard InChI is InChI=1S/C30H37F2N5O4S/c1-35-11-13-36(14-12-35)30-33-22(17-42-30)18-7-9-20(10-8-18)28(39)34-24(19-5-3-2-4-6-19)29(40)37-15-21(27(31)32)26-25(37)23(38)16-41-26/h7-10,17,19,21,24-27H,2-6,11-16H2,1H3,(H,34,39)/t21-,24-,25+,26+/m0/s1. The number of Topliss-reactive ketones (excluding diaryl/α,β-unsaturated/α-hetero) is 1. The second kappa shape index (κ2) is 12.3. The summed E-state index contributed by atoms with van der Waals surface area (Å²) in [7, 11) is 2.12. The van der Waals surface area contributed by atoms with Crippen LogP contribution in [0, 0.1) is 11.8 Å². The average molecular weight is 602 g/mol. The zero-order valence-electron chi connectivity index (χ0n) is 23.7. The molecule has 1 aromatic carbocycles. The number of aromatic nitrogens is 1. The highest BCUT2D eigenvalue weighted by molar-refractivity contribution is 7.14. The van der Waals surface area contributed by atoms with Gasteiger partial charge in [-0.05, 0) is 37.9 Å². The Balaban J connectivity index is 1.17. The average Bonchev–Trinajstić information content (AvgIpc) is 3.74. The molecule has 0 spiro atoms. The Bertz CT molecular complexity index is 1290. The van der Waals surface area contributed by atoms with Gasteiger partial charge in [0.05, 0.1) is 17.7 Å². The molecule has 4 fully saturated rings. The molecule has 1 aromatic heterocycles. The van der Waals surface area contributed by atoms with Crippen LogP contribution in [-0.2, 0) is 14.3 Å². The summed E-state index contributed by atoms with van der Waals surface area (Å²) in [6, 6.07) is 5.22. The van der Waals surface area contributed by atoms with Crippen molar-refractivity contribution in [3.05, 3.63) is 35.2 Å². The lowest BCUT2D eigenvalue weighted by molar-refractivity contribution is -0.139. The van der Waals surface area contributed by atoms with Crippen LogP contribution >= 0.6 is 11.3 Å². The van der Waals surface area contributed by atoms with Gasteiger partial charge >= 0.3 is 0 Å². The van der Waals surface area contributed by atoms with Crippen molar-refractivity contribution in [1.29, 1.82) is 0 Å². The van der Waals surface area contributed by atoms with Crippen LogP contribution in [0.5, 0.6) is 0 Å². The van der Waals surface area contributed by atoms with Crippen LogP contribution in [0.1, 0.15) is 42.5 Å². The van der Waals surface area contributed by atoms with E-state index in [0.29, 0.717) is 5.56 Å². The van der Waals surface area contributed by atoms with Crippen molar-refractivity contribution in [2.75, 3.05) is 51.3 Å². The summed E-state index contributed by atoms with van der Waals surface area (Å²) < 4.78 is 33.0. The number of anilines is 1. The summed E-state index contributed by atoms with van der Waals surface area (Å²) >= 11 is 1.61. The van der Waals surface area contributed by atoms with E-state index in [0.717, 1.165) is 74.7 Å². The molecule has 4 aliphatic rings. The number of ketones is 1. The van der Waals surface area contributed by atoms with E-state index in [2.05, 4.69) is 22.2 Å². The second-order valence-corrected chi connectivity index (χ2v) is 12.7. The van der Waals surface area contributed by atoms with Gasteiger partial charge in [0.25, 0.3) is 5.91 Å². The molecule has 4 heterocycles. The molecule has 3 aliphatic heterocycles. The first kappa shape index (κ1) is 29.1. The zero-order chi connectivity index (χ0) is 29.4. The van der Waals surface area contributed by atoms with Gasteiger partial charge in [0, 0.05) is 49.2 Å². The Labute approximate surface area is 248 Å². The molecular weight excluding hydrogens is 564 g/mol. The van der Waals surface area contributed by atoms with Crippen molar-refractivity contribution in [1.82, 2.24) is 20.1 Å². The van der Waals surface area contributed by atoms with Crippen molar-refractivity contribution in [3.63, 3.8) is 0 Å². The molecule has 1 aliphatic carbocycles. The normalized spacial score (nSPS) is 26.1. The largest absolute Gasteiger partial charge is 0.367 e. The fourth-order valence-corrected chi connectivity index (χ4v) is 7.61. The van der Waals surface area contributed by atoms with Gasteiger partial charge in [-0.25, -0.2) is 13.8 Å².